The van der Waals surface area contributed by atoms with Crippen molar-refractivity contribution in [3.63, 3.8) is 0 Å². The van der Waals surface area contributed by atoms with Crippen LogP contribution in [0.5, 0.6) is 0 Å². The summed E-state index contributed by atoms with van der Waals surface area (Å²) in [5.74, 6) is -1.27. The number of carbonyl (C=O) groups is 4. The Hall–Kier alpha value is -3.04. The standard InChI is InChI=1S/C21H32N2O8/c1-6-16(24)28-8-9-29-19(27)23-15-10-20(3,4)12-21(5,11-15)13-22-18(26)31-14-30-17(25)7-2/h6-7,15H,1-2,8-14H2,3-5H3,(H,22,26)(H,23,27). The molecule has 31 heavy (non-hydrogen) atoms. The number of alkyl carbamates (subject to hydrolysis) is 2. The van der Waals surface area contributed by atoms with Gasteiger partial charge in [-0.05, 0) is 30.1 Å². The molecule has 0 aliphatic heterocycles. The van der Waals surface area contributed by atoms with Crippen LogP contribution in [0.4, 0.5) is 9.59 Å². The Kier molecular flexibility index (Phi) is 10.0. The van der Waals surface area contributed by atoms with Gasteiger partial charge in [0.05, 0.1) is 0 Å². The third-order valence-electron chi connectivity index (χ3n) is 4.71. The molecule has 10 heteroatoms. The Morgan fingerprint density at radius 3 is 2.16 bits per heavy atom. The topological polar surface area (TPSA) is 129 Å². The monoisotopic (exact) mass is 440 g/mol. The second-order valence-corrected chi connectivity index (χ2v) is 8.48. The summed E-state index contributed by atoms with van der Waals surface area (Å²) in [7, 11) is 0. The molecule has 0 heterocycles. The minimum Gasteiger partial charge on any atom is -0.459 e. The first kappa shape index (κ1) is 26.0. The Labute approximate surface area is 182 Å². The van der Waals surface area contributed by atoms with Gasteiger partial charge in [0, 0.05) is 24.7 Å². The predicted molar refractivity (Wildman–Crippen MR) is 111 cm³/mol. The second-order valence-electron chi connectivity index (χ2n) is 8.48. The normalized spacial score (nSPS) is 21.7. The molecule has 0 saturated heterocycles. The number of hydrogen-bond acceptors (Lipinski definition) is 8. The van der Waals surface area contributed by atoms with Crippen LogP contribution in [0, 0.1) is 10.8 Å². The molecule has 2 atom stereocenters. The Bertz CT molecular complexity index is 691. The number of nitrogens with one attached hydrogen (secondary N) is 2. The zero-order chi connectivity index (χ0) is 23.5. The van der Waals surface area contributed by atoms with Crippen molar-refractivity contribution < 1.29 is 38.1 Å². The van der Waals surface area contributed by atoms with Crippen LogP contribution in [0.25, 0.3) is 0 Å². The zero-order valence-electron chi connectivity index (χ0n) is 18.4. The summed E-state index contributed by atoms with van der Waals surface area (Å²) in [4.78, 5) is 45.8. The van der Waals surface area contributed by atoms with Crippen LogP contribution in [0.2, 0.25) is 0 Å². The highest BCUT2D eigenvalue weighted by Gasteiger charge is 2.42. The van der Waals surface area contributed by atoms with E-state index in [1.54, 1.807) is 0 Å². The quantitative estimate of drug-likeness (QED) is 0.174. The largest absolute Gasteiger partial charge is 0.459 e. The van der Waals surface area contributed by atoms with Gasteiger partial charge in [0.15, 0.2) is 0 Å². The Morgan fingerprint density at radius 2 is 1.52 bits per heavy atom. The van der Waals surface area contributed by atoms with Crippen molar-refractivity contribution in [3.05, 3.63) is 25.3 Å². The van der Waals surface area contributed by atoms with E-state index in [2.05, 4.69) is 42.4 Å². The van der Waals surface area contributed by atoms with Gasteiger partial charge < -0.3 is 29.6 Å². The Balaban J connectivity index is 2.49. The summed E-state index contributed by atoms with van der Waals surface area (Å²) < 4.78 is 19.2. The third-order valence-corrected chi connectivity index (χ3v) is 4.71. The number of ether oxygens (including phenoxy) is 4. The van der Waals surface area contributed by atoms with Gasteiger partial charge in [-0.2, -0.15) is 0 Å². The maximum Gasteiger partial charge on any atom is 0.410 e. The smallest absolute Gasteiger partial charge is 0.410 e. The maximum atomic E-state index is 12.1. The lowest BCUT2D eigenvalue weighted by atomic mass is 9.62. The molecule has 0 aromatic rings. The fourth-order valence-electron chi connectivity index (χ4n) is 3.95. The van der Waals surface area contributed by atoms with E-state index in [4.69, 9.17) is 14.2 Å². The molecule has 0 aromatic carbocycles. The van der Waals surface area contributed by atoms with E-state index in [1.165, 1.54) is 0 Å². The van der Waals surface area contributed by atoms with E-state index >= 15 is 0 Å². The maximum absolute atomic E-state index is 12.1. The highest BCUT2D eigenvalue weighted by atomic mass is 16.7. The fourth-order valence-corrected chi connectivity index (χ4v) is 3.95. The fraction of sp³-hybridized carbons (Fsp3) is 0.619. The molecule has 1 aliphatic carbocycles. The van der Waals surface area contributed by atoms with Gasteiger partial charge in [-0.25, -0.2) is 19.2 Å². The van der Waals surface area contributed by atoms with Gasteiger partial charge >= 0.3 is 24.1 Å². The summed E-state index contributed by atoms with van der Waals surface area (Å²) in [6.07, 6.45) is 2.86. The minimum atomic E-state index is -0.709. The number of rotatable bonds is 10. The lowest BCUT2D eigenvalue weighted by Gasteiger charge is -2.46. The van der Waals surface area contributed by atoms with Crippen molar-refractivity contribution in [2.45, 2.75) is 46.1 Å². The number of carbonyl (C=O) groups excluding carboxylic acids is 4. The first-order valence-corrected chi connectivity index (χ1v) is 9.91. The molecule has 1 aliphatic rings. The summed E-state index contributed by atoms with van der Waals surface area (Å²) in [5.41, 5.74) is -0.397. The number of esters is 2. The van der Waals surface area contributed by atoms with Crippen molar-refractivity contribution in [1.82, 2.24) is 10.6 Å². The van der Waals surface area contributed by atoms with Gasteiger partial charge in [-0.15, -0.1) is 0 Å². The van der Waals surface area contributed by atoms with Crippen LogP contribution in [-0.2, 0) is 28.5 Å². The van der Waals surface area contributed by atoms with E-state index < -0.39 is 30.9 Å². The first-order chi connectivity index (χ1) is 14.5. The van der Waals surface area contributed by atoms with Crippen molar-refractivity contribution in [2.75, 3.05) is 26.6 Å². The highest BCUT2D eigenvalue weighted by Crippen LogP contribution is 2.45. The van der Waals surface area contributed by atoms with E-state index in [0.29, 0.717) is 13.0 Å². The molecule has 1 fully saturated rings. The summed E-state index contributed by atoms with van der Waals surface area (Å²) in [5, 5.41) is 5.52. The first-order valence-electron chi connectivity index (χ1n) is 9.91. The van der Waals surface area contributed by atoms with E-state index in [1.807, 2.05) is 6.92 Å². The van der Waals surface area contributed by atoms with E-state index in [0.717, 1.165) is 25.0 Å². The van der Waals surface area contributed by atoms with Gasteiger partial charge in [-0.1, -0.05) is 33.9 Å². The lowest BCUT2D eigenvalue weighted by molar-refractivity contribution is -0.145. The van der Waals surface area contributed by atoms with Crippen LogP contribution in [-0.4, -0.2) is 56.7 Å². The SMILES string of the molecule is C=CC(=O)OCCOC(=O)NC1CC(C)(C)CC(C)(CNC(=O)OCOC(=O)C=C)C1. The molecule has 0 radical (unpaired) electrons. The molecule has 1 rings (SSSR count). The average molecular weight is 440 g/mol. The van der Waals surface area contributed by atoms with Crippen LogP contribution in [0.1, 0.15) is 40.0 Å². The molecular weight excluding hydrogens is 408 g/mol. The van der Waals surface area contributed by atoms with E-state index in [-0.39, 0.29) is 30.1 Å². The summed E-state index contributed by atoms with van der Waals surface area (Å²) >= 11 is 0. The predicted octanol–water partition coefficient (Wildman–Crippen LogP) is 2.44. The van der Waals surface area contributed by atoms with Crippen molar-refractivity contribution in [2.24, 2.45) is 10.8 Å². The molecule has 10 nitrogen and oxygen atoms in total. The molecule has 2 amide bonds. The molecule has 2 N–H and O–H groups in total. The molecule has 0 spiro atoms. The lowest BCUT2D eigenvalue weighted by Crippen LogP contribution is -2.50. The molecule has 0 bridgehead atoms. The molecule has 174 valence electrons. The van der Waals surface area contributed by atoms with E-state index in [9.17, 15) is 19.2 Å². The van der Waals surface area contributed by atoms with Gasteiger partial charge in [0.2, 0.25) is 6.79 Å². The van der Waals surface area contributed by atoms with Crippen LogP contribution in [0.15, 0.2) is 25.3 Å². The minimum absolute atomic E-state index is 0.0553. The number of hydrogen-bond donors (Lipinski definition) is 2. The van der Waals surface area contributed by atoms with Crippen LogP contribution < -0.4 is 10.6 Å². The van der Waals surface area contributed by atoms with Crippen molar-refractivity contribution in [1.29, 1.82) is 0 Å². The molecule has 2 unspecified atom stereocenters. The number of amides is 2. The zero-order valence-corrected chi connectivity index (χ0v) is 18.4. The molecular formula is C21H32N2O8. The highest BCUT2D eigenvalue weighted by molar-refractivity contribution is 5.81. The molecule has 1 saturated carbocycles. The van der Waals surface area contributed by atoms with Gasteiger partial charge in [0.1, 0.15) is 13.2 Å². The van der Waals surface area contributed by atoms with Crippen molar-refractivity contribution in [3.8, 4) is 0 Å². The second kappa shape index (κ2) is 12.0. The molecule has 0 aromatic heterocycles. The van der Waals surface area contributed by atoms with Gasteiger partial charge in [0.25, 0.3) is 0 Å². The third kappa shape index (κ3) is 10.5. The van der Waals surface area contributed by atoms with Gasteiger partial charge in [-0.3, -0.25) is 0 Å². The van der Waals surface area contributed by atoms with Crippen molar-refractivity contribution >= 4 is 24.1 Å². The Morgan fingerprint density at radius 1 is 0.903 bits per heavy atom. The van der Waals surface area contributed by atoms with Crippen LogP contribution in [0.3, 0.4) is 0 Å². The average Bonchev–Trinajstić information content (AvgIpc) is 2.67. The van der Waals surface area contributed by atoms with Crippen LogP contribution >= 0.6 is 0 Å². The summed E-state index contributed by atoms with van der Waals surface area (Å²) in [6.45, 7) is 12.4. The summed E-state index contributed by atoms with van der Waals surface area (Å²) in [6, 6.07) is -0.164.